The summed E-state index contributed by atoms with van der Waals surface area (Å²) in [6.45, 7) is 2.24. The highest BCUT2D eigenvalue weighted by Crippen LogP contribution is 2.30. The van der Waals surface area contributed by atoms with Gasteiger partial charge in [0.15, 0.2) is 5.69 Å². The van der Waals surface area contributed by atoms with Crippen LogP contribution in [0.3, 0.4) is 0 Å². The molecule has 1 saturated heterocycles. The molecule has 2 unspecified atom stereocenters. The van der Waals surface area contributed by atoms with Gasteiger partial charge in [0, 0.05) is 18.5 Å². The highest BCUT2D eigenvalue weighted by atomic mass is 32.1. The summed E-state index contributed by atoms with van der Waals surface area (Å²) in [7, 11) is 0. The molecule has 1 aliphatic rings. The Morgan fingerprint density at radius 1 is 1.48 bits per heavy atom. The zero-order valence-electron chi connectivity index (χ0n) is 12.3. The lowest BCUT2D eigenvalue weighted by Gasteiger charge is -2.34. The van der Waals surface area contributed by atoms with Crippen LogP contribution in [0, 0.1) is 11.8 Å². The number of nitrogens with one attached hydrogen (secondary N) is 1. The first-order valence-corrected chi connectivity index (χ1v) is 7.82. The number of piperidine rings is 1. The number of alkyl halides is 3. The predicted molar refractivity (Wildman–Crippen MR) is 75.8 cm³/mol. The highest BCUT2D eigenvalue weighted by molar-refractivity contribution is 7.09. The lowest BCUT2D eigenvalue weighted by Crippen LogP contribution is -2.49. The summed E-state index contributed by atoms with van der Waals surface area (Å²) in [5.41, 5.74) is -0.982. The third kappa shape index (κ3) is 4.57. The number of rotatable bonds is 3. The average Bonchev–Trinajstić information content (AvgIpc) is 2.93. The molecular weight excluding hydrogens is 335 g/mol. The fraction of sp³-hybridized carbons (Fsp3) is 0.615. The van der Waals surface area contributed by atoms with E-state index in [9.17, 15) is 22.8 Å². The quantitative estimate of drug-likeness (QED) is 0.876. The molecule has 2 atom stereocenters. The number of hydrogen-bond donors (Lipinski definition) is 2. The number of carbonyl (C=O) groups excluding carboxylic acids is 1. The lowest BCUT2D eigenvalue weighted by atomic mass is 9.91. The predicted octanol–water partition coefficient (Wildman–Crippen LogP) is 2.41. The molecule has 0 radical (unpaired) electrons. The van der Waals surface area contributed by atoms with E-state index >= 15 is 0 Å². The van der Waals surface area contributed by atoms with E-state index in [0.29, 0.717) is 13.0 Å². The van der Waals surface area contributed by atoms with Crippen molar-refractivity contribution in [3.05, 3.63) is 16.1 Å². The Morgan fingerprint density at radius 2 is 2.17 bits per heavy atom. The van der Waals surface area contributed by atoms with Gasteiger partial charge >= 0.3 is 18.2 Å². The molecule has 0 saturated carbocycles. The first-order chi connectivity index (χ1) is 10.7. The molecule has 10 heteroatoms. The largest absolute Gasteiger partial charge is 0.481 e. The molecule has 1 aromatic heterocycles. The Bertz CT molecular complexity index is 591. The Kier molecular flexibility index (Phi) is 5.12. The van der Waals surface area contributed by atoms with Gasteiger partial charge in [-0.05, 0) is 12.3 Å². The number of carboxylic acid groups (broad SMARTS) is 1. The summed E-state index contributed by atoms with van der Waals surface area (Å²) in [6.07, 6.45) is -4.00. The summed E-state index contributed by atoms with van der Waals surface area (Å²) >= 11 is 0.813. The summed E-state index contributed by atoms with van der Waals surface area (Å²) in [5, 5.41) is 12.6. The number of carbonyl (C=O) groups is 2. The van der Waals surface area contributed by atoms with E-state index in [0.717, 1.165) is 16.7 Å². The average molecular weight is 351 g/mol. The van der Waals surface area contributed by atoms with Crippen molar-refractivity contribution in [1.29, 1.82) is 0 Å². The highest BCUT2D eigenvalue weighted by Gasteiger charge is 2.34. The van der Waals surface area contributed by atoms with Gasteiger partial charge in [0.1, 0.15) is 5.01 Å². The van der Waals surface area contributed by atoms with Crippen molar-refractivity contribution in [1.82, 2.24) is 15.2 Å². The standard InChI is InChI=1S/C13H16F3N3O3S/c1-7-2-8(11(20)21)5-19(4-7)12(22)17-3-10-18-9(6-23-10)13(14,15)16/h6-8H,2-5H2,1H3,(H,17,22)(H,20,21). The van der Waals surface area contributed by atoms with Crippen LogP contribution >= 0.6 is 11.3 Å². The molecule has 2 rings (SSSR count). The SMILES string of the molecule is CC1CC(C(=O)O)CN(C(=O)NCc2nc(C(F)(F)F)cs2)C1. The number of thiazole rings is 1. The second-order valence-electron chi connectivity index (χ2n) is 5.56. The third-order valence-corrected chi connectivity index (χ3v) is 4.38. The number of carboxylic acids is 1. The number of likely N-dealkylation sites (tertiary alicyclic amines) is 1. The van der Waals surface area contributed by atoms with Crippen LogP contribution in [-0.2, 0) is 17.5 Å². The van der Waals surface area contributed by atoms with Crippen molar-refractivity contribution in [3.8, 4) is 0 Å². The third-order valence-electron chi connectivity index (χ3n) is 3.53. The number of aromatic nitrogens is 1. The van der Waals surface area contributed by atoms with Crippen molar-refractivity contribution >= 4 is 23.3 Å². The van der Waals surface area contributed by atoms with Gasteiger partial charge in [0.2, 0.25) is 0 Å². The molecule has 0 bridgehead atoms. The van der Waals surface area contributed by atoms with Gasteiger partial charge in [-0.1, -0.05) is 6.92 Å². The van der Waals surface area contributed by atoms with Gasteiger partial charge in [-0.3, -0.25) is 4.79 Å². The summed E-state index contributed by atoms with van der Waals surface area (Å²) in [4.78, 5) is 27.9. The maximum atomic E-state index is 12.4. The van der Waals surface area contributed by atoms with Crippen LogP contribution in [0.2, 0.25) is 0 Å². The molecule has 0 aromatic carbocycles. The zero-order valence-corrected chi connectivity index (χ0v) is 13.1. The van der Waals surface area contributed by atoms with Crippen molar-refractivity contribution in [2.24, 2.45) is 11.8 Å². The molecule has 2 N–H and O–H groups in total. The summed E-state index contributed by atoms with van der Waals surface area (Å²) in [6, 6.07) is -0.494. The number of hydrogen-bond acceptors (Lipinski definition) is 4. The van der Waals surface area contributed by atoms with E-state index in [1.807, 2.05) is 6.92 Å². The van der Waals surface area contributed by atoms with Gasteiger partial charge in [0.25, 0.3) is 0 Å². The van der Waals surface area contributed by atoms with Crippen LogP contribution in [-0.4, -0.2) is 40.1 Å². The van der Waals surface area contributed by atoms with Crippen molar-refractivity contribution in [2.45, 2.75) is 26.1 Å². The molecule has 6 nitrogen and oxygen atoms in total. The zero-order chi connectivity index (χ0) is 17.2. The van der Waals surface area contributed by atoms with E-state index in [2.05, 4.69) is 10.3 Å². The van der Waals surface area contributed by atoms with Crippen LogP contribution < -0.4 is 5.32 Å². The first-order valence-electron chi connectivity index (χ1n) is 6.94. The first kappa shape index (κ1) is 17.5. The second kappa shape index (κ2) is 6.73. The number of amides is 2. The number of nitrogens with zero attached hydrogens (tertiary/aromatic N) is 2. The molecule has 1 fully saturated rings. The topological polar surface area (TPSA) is 82.5 Å². The van der Waals surface area contributed by atoms with Crippen LogP contribution in [0.5, 0.6) is 0 Å². The maximum absolute atomic E-state index is 12.4. The van der Waals surface area contributed by atoms with Crippen molar-refractivity contribution in [3.63, 3.8) is 0 Å². The van der Waals surface area contributed by atoms with Gasteiger partial charge in [-0.2, -0.15) is 13.2 Å². The maximum Gasteiger partial charge on any atom is 0.434 e. The Morgan fingerprint density at radius 3 is 2.74 bits per heavy atom. The molecule has 0 aliphatic carbocycles. The lowest BCUT2D eigenvalue weighted by molar-refractivity contribution is -0.144. The smallest absolute Gasteiger partial charge is 0.434 e. The van der Waals surface area contributed by atoms with Crippen molar-refractivity contribution < 1.29 is 27.9 Å². The molecule has 128 valence electrons. The fourth-order valence-electron chi connectivity index (χ4n) is 2.48. The number of aliphatic carboxylic acids is 1. The molecule has 2 heterocycles. The Hall–Kier alpha value is -1.84. The van der Waals surface area contributed by atoms with Gasteiger partial charge in [-0.15, -0.1) is 11.3 Å². The van der Waals surface area contributed by atoms with E-state index < -0.39 is 29.8 Å². The second-order valence-corrected chi connectivity index (χ2v) is 6.51. The summed E-state index contributed by atoms with van der Waals surface area (Å²) in [5.74, 6) is -1.53. The fourth-order valence-corrected chi connectivity index (χ4v) is 3.22. The van der Waals surface area contributed by atoms with E-state index in [-0.39, 0.29) is 24.0 Å². The van der Waals surface area contributed by atoms with Gasteiger partial charge in [-0.25, -0.2) is 9.78 Å². The van der Waals surface area contributed by atoms with Gasteiger partial charge in [0.05, 0.1) is 12.5 Å². The van der Waals surface area contributed by atoms with Crippen LogP contribution in [0.25, 0.3) is 0 Å². The number of urea groups is 1. The molecule has 2 amide bonds. The molecule has 1 aliphatic heterocycles. The minimum absolute atomic E-state index is 0.0484. The minimum atomic E-state index is -4.50. The monoisotopic (exact) mass is 351 g/mol. The minimum Gasteiger partial charge on any atom is -0.481 e. The van der Waals surface area contributed by atoms with Crippen LogP contribution in [0.1, 0.15) is 24.0 Å². The molecular formula is C13H16F3N3O3S. The molecule has 23 heavy (non-hydrogen) atoms. The van der Waals surface area contributed by atoms with Gasteiger partial charge < -0.3 is 15.3 Å². The molecule has 0 spiro atoms. The normalized spacial score (nSPS) is 22.0. The van der Waals surface area contributed by atoms with Crippen LogP contribution in [0.15, 0.2) is 5.38 Å². The van der Waals surface area contributed by atoms with Crippen LogP contribution in [0.4, 0.5) is 18.0 Å². The van der Waals surface area contributed by atoms with E-state index in [4.69, 9.17) is 5.11 Å². The Balaban J connectivity index is 1.91. The van der Waals surface area contributed by atoms with Crippen molar-refractivity contribution in [2.75, 3.05) is 13.1 Å². The van der Waals surface area contributed by atoms with E-state index in [1.165, 1.54) is 4.90 Å². The number of halogens is 3. The Labute approximate surface area is 134 Å². The van der Waals surface area contributed by atoms with E-state index in [1.54, 1.807) is 0 Å². The molecule has 1 aromatic rings. The summed E-state index contributed by atoms with van der Waals surface area (Å²) < 4.78 is 37.3.